The van der Waals surface area contributed by atoms with E-state index in [4.69, 9.17) is 4.18 Å². The monoisotopic (exact) mass is 428 g/mol. The molecule has 0 amide bonds. The smallest absolute Gasteiger partial charge is 0.297 e. The quantitative estimate of drug-likeness (QED) is 0.445. The van der Waals surface area contributed by atoms with Gasteiger partial charge in [-0.2, -0.15) is 8.42 Å². The molecule has 1 N–H and O–H groups in total. The second kappa shape index (κ2) is 8.74. The van der Waals surface area contributed by atoms with Gasteiger partial charge in [-0.15, -0.1) is 0 Å². The van der Waals surface area contributed by atoms with Crippen molar-refractivity contribution in [3.63, 3.8) is 0 Å². The van der Waals surface area contributed by atoms with Crippen molar-refractivity contribution in [2.24, 2.45) is 0 Å². The molecule has 154 valence electrons. The average molecular weight is 429 g/mol. The summed E-state index contributed by atoms with van der Waals surface area (Å²) in [6, 6.07) is 6.52. The van der Waals surface area contributed by atoms with Gasteiger partial charge >= 0.3 is 0 Å². The van der Waals surface area contributed by atoms with E-state index < -0.39 is 31.9 Å². The maximum atomic E-state index is 12.4. The largest absolute Gasteiger partial charge is 0.388 e. The summed E-state index contributed by atoms with van der Waals surface area (Å²) >= 11 is 0. The second-order valence-corrected chi connectivity index (χ2v) is 22.1. The first kappa shape index (κ1) is 24.3. The number of aliphatic hydroxyl groups is 1. The number of hydrogen-bond donors (Lipinski definition) is 1. The Kier molecular flexibility index (Phi) is 7.86. The van der Waals surface area contributed by atoms with Crippen LogP contribution in [0.25, 0.3) is 0 Å². The van der Waals surface area contributed by atoms with Crippen LogP contribution in [0, 0.1) is 6.92 Å². The third-order valence-corrected chi connectivity index (χ3v) is 9.53. The lowest BCUT2D eigenvalue weighted by molar-refractivity contribution is 0.00689. The minimum atomic E-state index is -3.88. The van der Waals surface area contributed by atoms with E-state index in [0.717, 1.165) is 5.56 Å². The van der Waals surface area contributed by atoms with Crippen molar-refractivity contribution >= 4 is 26.3 Å². The average Bonchev–Trinajstić information content (AvgIpc) is 2.48. The molecule has 0 bridgehead atoms. The normalized spacial score (nSPS) is 17.1. The van der Waals surface area contributed by atoms with E-state index in [1.54, 1.807) is 19.1 Å². The van der Waals surface area contributed by atoms with E-state index in [1.165, 1.54) is 12.1 Å². The fourth-order valence-electron chi connectivity index (χ4n) is 2.58. The van der Waals surface area contributed by atoms with Gasteiger partial charge in [-0.05, 0) is 37.9 Å². The molecule has 0 heterocycles. The molecule has 0 fully saturated rings. The molecular weight excluding hydrogens is 392 g/mol. The van der Waals surface area contributed by atoms with Gasteiger partial charge in [-0.3, -0.25) is 4.18 Å². The summed E-state index contributed by atoms with van der Waals surface area (Å²) in [5, 5.41) is 10.8. The van der Waals surface area contributed by atoms with Crippen molar-refractivity contribution in [3.8, 4) is 0 Å². The molecule has 2 atom stereocenters. The van der Waals surface area contributed by atoms with Crippen LogP contribution in [0.15, 0.2) is 40.9 Å². The van der Waals surface area contributed by atoms with Gasteiger partial charge in [-0.25, -0.2) is 0 Å². The number of allylic oxidation sites excluding steroid dienone is 1. The molecule has 27 heavy (non-hydrogen) atoms. The number of aryl methyl sites for hydroxylation is 1. The lowest BCUT2D eigenvalue weighted by Gasteiger charge is -2.33. The van der Waals surface area contributed by atoms with Gasteiger partial charge in [0.15, 0.2) is 0 Å². The molecule has 0 radical (unpaired) electrons. The van der Waals surface area contributed by atoms with Crippen LogP contribution in [0.2, 0.25) is 44.8 Å². The van der Waals surface area contributed by atoms with Crippen LogP contribution in [0.3, 0.4) is 0 Å². The molecule has 7 heteroatoms. The lowest BCUT2D eigenvalue weighted by Crippen LogP contribution is -2.39. The summed E-state index contributed by atoms with van der Waals surface area (Å²) in [7, 11) is -6.79. The molecule has 0 saturated carbocycles. The van der Waals surface area contributed by atoms with E-state index in [9.17, 15) is 13.5 Å². The van der Waals surface area contributed by atoms with Crippen molar-refractivity contribution in [2.45, 2.75) is 75.6 Å². The fourth-order valence-corrected chi connectivity index (χ4v) is 6.32. The van der Waals surface area contributed by atoms with E-state index in [-0.39, 0.29) is 17.0 Å². The van der Waals surface area contributed by atoms with E-state index in [0.29, 0.717) is 6.42 Å². The van der Waals surface area contributed by atoms with Gasteiger partial charge in [0, 0.05) is 0 Å². The Hall–Kier alpha value is -0.736. The predicted molar refractivity (Wildman–Crippen MR) is 119 cm³/mol. The number of benzene rings is 1. The molecule has 0 saturated heterocycles. The zero-order chi connectivity index (χ0) is 21.1. The van der Waals surface area contributed by atoms with Gasteiger partial charge in [0.05, 0.1) is 33.3 Å². The van der Waals surface area contributed by atoms with E-state index in [1.807, 2.05) is 6.92 Å². The first-order valence-electron chi connectivity index (χ1n) is 9.40. The minimum absolute atomic E-state index is 0.115. The highest BCUT2D eigenvalue weighted by Gasteiger charge is 2.34. The van der Waals surface area contributed by atoms with Gasteiger partial charge < -0.3 is 5.11 Å². The maximum absolute atomic E-state index is 12.4. The molecule has 0 aliphatic heterocycles. The summed E-state index contributed by atoms with van der Waals surface area (Å²) in [5.41, 5.74) is 2.33. The van der Waals surface area contributed by atoms with Crippen LogP contribution in [0.4, 0.5) is 0 Å². The third-order valence-electron chi connectivity index (χ3n) is 4.44. The molecule has 0 aromatic heterocycles. The first-order valence-corrected chi connectivity index (χ1v) is 18.0. The van der Waals surface area contributed by atoms with Gasteiger partial charge in [0.1, 0.15) is 0 Å². The van der Waals surface area contributed by atoms with Crippen LogP contribution in [-0.2, 0) is 14.3 Å². The topological polar surface area (TPSA) is 63.6 Å². The SMILES string of the molecule is Cc1ccc(S(=O)(=O)OCC(C)(O)CC(/C=C/[Si](C)(C)C)[Si](C)(C)C)cc1. The molecule has 1 aromatic carbocycles. The van der Waals surface area contributed by atoms with E-state index >= 15 is 0 Å². The van der Waals surface area contributed by atoms with Crippen molar-refractivity contribution < 1.29 is 17.7 Å². The molecule has 1 rings (SSSR count). The van der Waals surface area contributed by atoms with Crippen LogP contribution < -0.4 is 0 Å². The Morgan fingerprint density at radius 3 is 2.07 bits per heavy atom. The summed E-state index contributed by atoms with van der Waals surface area (Å²) in [5.74, 6) is 0. The zero-order valence-electron chi connectivity index (χ0n) is 18.0. The molecular formula is C20H36O4SSi2. The van der Waals surface area contributed by atoms with Crippen LogP contribution in [0.1, 0.15) is 18.9 Å². The Morgan fingerprint density at radius 2 is 1.63 bits per heavy atom. The molecule has 2 unspecified atom stereocenters. The number of hydrogen-bond acceptors (Lipinski definition) is 4. The van der Waals surface area contributed by atoms with Gasteiger partial charge in [0.2, 0.25) is 0 Å². The number of rotatable bonds is 9. The minimum Gasteiger partial charge on any atom is -0.388 e. The standard InChI is InChI=1S/C20H36O4SSi2/c1-17-9-11-18(12-10-17)25(22,23)24-16-20(2,21)15-19(27(6,7)8)13-14-26(3,4)5/h9-14,19,21H,15-16H2,1-8H3/b14-13+. The van der Waals surface area contributed by atoms with Gasteiger partial charge in [0.25, 0.3) is 10.1 Å². The fraction of sp³-hybridized carbons (Fsp3) is 0.600. The molecule has 0 spiro atoms. The highest BCUT2D eigenvalue weighted by molar-refractivity contribution is 7.86. The summed E-state index contributed by atoms with van der Waals surface area (Å²) in [6.45, 7) is 17.0. The maximum Gasteiger partial charge on any atom is 0.297 e. The Morgan fingerprint density at radius 1 is 1.11 bits per heavy atom. The third kappa shape index (κ3) is 8.87. The summed E-state index contributed by atoms with van der Waals surface area (Å²) in [6.07, 6.45) is 2.74. The van der Waals surface area contributed by atoms with Crippen LogP contribution in [0.5, 0.6) is 0 Å². The highest BCUT2D eigenvalue weighted by Crippen LogP contribution is 2.33. The lowest BCUT2D eigenvalue weighted by atomic mass is 10.0. The first-order chi connectivity index (χ1) is 12.0. The van der Waals surface area contributed by atoms with Crippen LogP contribution in [-0.4, -0.2) is 41.9 Å². The predicted octanol–water partition coefficient (Wildman–Crippen LogP) is 4.98. The molecule has 0 aliphatic carbocycles. The Bertz CT molecular complexity index is 740. The zero-order valence-corrected chi connectivity index (χ0v) is 20.9. The van der Waals surface area contributed by atoms with Crippen molar-refractivity contribution in [1.82, 2.24) is 0 Å². The molecule has 4 nitrogen and oxygen atoms in total. The van der Waals surface area contributed by atoms with Gasteiger partial charge in [-0.1, -0.05) is 68.8 Å². The Balaban J connectivity index is 2.88. The summed E-state index contributed by atoms with van der Waals surface area (Å²) in [4.78, 5) is 0.115. The summed E-state index contributed by atoms with van der Waals surface area (Å²) < 4.78 is 30.0. The highest BCUT2D eigenvalue weighted by atomic mass is 32.2. The van der Waals surface area contributed by atoms with Crippen molar-refractivity contribution in [2.75, 3.05) is 6.61 Å². The van der Waals surface area contributed by atoms with Crippen molar-refractivity contribution in [1.29, 1.82) is 0 Å². The van der Waals surface area contributed by atoms with Crippen LogP contribution >= 0.6 is 0 Å². The van der Waals surface area contributed by atoms with Crippen molar-refractivity contribution in [3.05, 3.63) is 41.6 Å². The Labute approximate surface area is 167 Å². The molecule has 1 aromatic rings. The molecule has 0 aliphatic rings. The van der Waals surface area contributed by atoms with E-state index in [2.05, 4.69) is 51.1 Å². The second-order valence-electron chi connectivity index (χ2n) is 9.93.